The van der Waals surface area contributed by atoms with Crippen LogP contribution in [0.3, 0.4) is 0 Å². The first kappa shape index (κ1) is 21.3. The van der Waals surface area contributed by atoms with Gasteiger partial charge in [-0.15, -0.1) is 0 Å². The molecule has 2 aromatic carbocycles. The molecule has 7 nitrogen and oxygen atoms in total. The summed E-state index contributed by atoms with van der Waals surface area (Å²) in [6, 6.07) is 17.3. The number of carbonyl (C=O) groups excluding carboxylic acids is 1. The highest BCUT2D eigenvalue weighted by molar-refractivity contribution is 5.94. The van der Waals surface area contributed by atoms with Crippen molar-refractivity contribution in [2.75, 3.05) is 23.3 Å². The number of benzene rings is 2. The van der Waals surface area contributed by atoms with E-state index in [-0.39, 0.29) is 11.9 Å². The summed E-state index contributed by atoms with van der Waals surface area (Å²) in [4.78, 5) is 23.3. The topological polar surface area (TPSA) is 93.9 Å². The van der Waals surface area contributed by atoms with Crippen molar-refractivity contribution in [1.82, 2.24) is 15.3 Å². The van der Waals surface area contributed by atoms with E-state index in [1.54, 1.807) is 18.3 Å². The van der Waals surface area contributed by atoms with Crippen LogP contribution >= 0.6 is 0 Å². The van der Waals surface area contributed by atoms with Crippen LogP contribution in [0, 0.1) is 11.3 Å². The van der Waals surface area contributed by atoms with E-state index in [0.29, 0.717) is 17.1 Å². The van der Waals surface area contributed by atoms with E-state index in [4.69, 9.17) is 0 Å². The van der Waals surface area contributed by atoms with Crippen molar-refractivity contribution in [2.45, 2.75) is 32.7 Å². The Morgan fingerprint density at radius 3 is 2.53 bits per heavy atom. The molecule has 2 N–H and O–H groups in total. The molecule has 3 aromatic rings. The van der Waals surface area contributed by atoms with E-state index < -0.39 is 0 Å². The van der Waals surface area contributed by atoms with Crippen molar-refractivity contribution in [1.29, 1.82) is 5.26 Å². The van der Waals surface area contributed by atoms with Gasteiger partial charge in [0.25, 0.3) is 5.91 Å². The fourth-order valence-electron chi connectivity index (χ4n) is 3.78. The summed E-state index contributed by atoms with van der Waals surface area (Å²) in [7, 11) is 0. The third-order valence-corrected chi connectivity index (χ3v) is 5.34. The molecule has 1 aromatic heterocycles. The molecule has 0 saturated carbocycles. The molecule has 0 unspecified atom stereocenters. The van der Waals surface area contributed by atoms with Gasteiger partial charge in [-0.3, -0.25) is 4.79 Å². The van der Waals surface area contributed by atoms with E-state index in [2.05, 4.69) is 31.6 Å². The molecule has 162 valence electrons. The van der Waals surface area contributed by atoms with Crippen molar-refractivity contribution < 1.29 is 4.79 Å². The lowest BCUT2D eigenvalue weighted by Gasteiger charge is -2.19. The lowest BCUT2D eigenvalue weighted by Crippen LogP contribution is -2.29. The zero-order chi connectivity index (χ0) is 22.5. The first-order valence-corrected chi connectivity index (χ1v) is 10.8. The van der Waals surface area contributed by atoms with Gasteiger partial charge in [0, 0.05) is 42.1 Å². The van der Waals surface area contributed by atoms with Crippen molar-refractivity contribution in [3.05, 3.63) is 65.9 Å². The maximum absolute atomic E-state index is 12.1. The summed E-state index contributed by atoms with van der Waals surface area (Å²) in [6.07, 6.45) is 4.02. The van der Waals surface area contributed by atoms with E-state index in [1.165, 1.54) is 0 Å². The lowest BCUT2D eigenvalue weighted by molar-refractivity contribution is 0.0943. The molecular weight excluding hydrogens is 400 g/mol. The summed E-state index contributed by atoms with van der Waals surface area (Å²) >= 11 is 0. The Hall–Kier alpha value is -3.92. The average Bonchev–Trinajstić information content (AvgIpc) is 3.33. The van der Waals surface area contributed by atoms with Crippen LogP contribution in [-0.4, -0.2) is 35.0 Å². The van der Waals surface area contributed by atoms with Crippen LogP contribution in [-0.2, 0) is 0 Å². The fourth-order valence-corrected chi connectivity index (χ4v) is 3.78. The number of amides is 1. The smallest absolute Gasteiger partial charge is 0.251 e. The number of aromatic nitrogens is 2. The van der Waals surface area contributed by atoms with Crippen LogP contribution in [0.2, 0.25) is 0 Å². The summed E-state index contributed by atoms with van der Waals surface area (Å²) in [5.74, 6) is 0.347. The molecule has 0 spiro atoms. The van der Waals surface area contributed by atoms with Crippen molar-refractivity contribution >= 4 is 23.2 Å². The van der Waals surface area contributed by atoms with Gasteiger partial charge in [0.2, 0.25) is 5.95 Å². The van der Waals surface area contributed by atoms with Crippen LogP contribution in [0.5, 0.6) is 0 Å². The molecular formula is C25H26N6O. The monoisotopic (exact) mass is 426 g/mol. The van der Waals surface area contributed by atoms with Crippen molar-refractivity contribution in [3.8, 4) is 17.3 Å². The van der Waals surface area contributed by atoms with E-state index in [9.17, 15) is 10.1 Å². The van der Waals surface area contributed by atoms with Gasteiger partial charge < -0.3 is 15.5 Å². The molecule has 0 bridgehead atoms. The Kier molecular flexibility index (Phi) is 6.31. The maximum Gasteiger partial charge on any atom is 0.251 e. The number of hydrogen-bond acceptors (Lipinski definition) is 6. The third kappa shape index (κ3) is 4.86. The molecule has 1 amide bonds. The normalized spacial score (nSPS) is 13.1. The molecule has 1 aliphatic rings. The Morgan fingerprint density at radius 1 is 1.09 bits per heavy atom. The molecule has 1 saturated heterocycles. The van der Waals surface area contributed by atoms with Gasteiger partial charge in [-0.25, -0.2) is 9.97 Å². The maximum atomic E-state index is 12.1. The van der Waals surface area contributed by atoms with Gasteiger partial charge in [0.1, 0.15) is 6.07 Å². The Bertz CT molecular complexity index is 1140. The second-order valence-electron chi connectivity index (χ2n) is 8.13. The largest absolute Gasteiger partial charge is 0.370 e. The van der Waals surface area contributed by atoms with Crippen LogP contribution < -0.4 is 15.5 Å². The molecule has 7 heteroatoms. The second-order valence-corrected chi connectivity index (χ2v) is 8.13. The third-order valence-electron chi connectivity index (χ3n) is 5.34. The number of nitriles is 1. The summed E-state index contributed by atoms with van der Waals surface area (Å²) in [6.45, 7) is 5.84. The zero-order valence-electron chi connectivity index (χ0n) is 18.3. The minimum Gasteiger partial charge on any atom is -0.370 e. The molecule has 1 fully saturated rings. The molecule has 1 aliphatic heterocycles. The second kappa shape index (κ2) is 9.48. The number of nitrogens with zero attached hydrogens (tertiary/aromatic N) is 4. The van der Waals surface area contributed by atoms with Gasteiger partial charge in [0.15, 0.2) is 0 Å². The first-order valence-electron chi connectivity index (χ1n) is 10.8. The number of rotatable bonds is 6. The highest BCUT2D eigenvalue weighted by Gasteiger charge is 2.17. The Morgan fingerprint density at radius 2 is 1.84 bits per heavy atom. The molecule has 2 heterocycles. The predicted octanol–water partition coefficient (Wildman–Crippen LogP) is 4.50. The van der Waals surface area contributed by atoms with E-state index in [0.717, 1.165) is 48.6 Å². The van der Waals surface area contributed by atoms with Crippen molar-refractivity contribution in [2.24, 2.45) is 0 Å². The predicted molar refractivity (Wildman–Crippen MR) is 126 cm³/mol. The average molecular weight is 427 g/mol. The highest BCUT2D eigenvalue weighted by atomic mass is 16.1. The van der Waals surface area contributed by atoms with E-state index >= 15 is 0 Å². The number of anilines is 3. The Balaban J connectivity index is 1.51. The molecule has 0 radical (unpaired) electrons. The van der Waals surface area contributed by atoms with Crippen molar-refractivity contribution in [3.63, 3.8) is 0 Å². The zero-order valence-corrected chi connectivity index (χ0v) is 18.3. The molecule has 0 atom stereocenters. The minimum absolute atomic E-state index is 0.0856. The first-order chi connectivity index (χ1) is 15.5. The number of carbonyl (C=O) groups is 1. The number of hydrogen-bond donors (Lipinski definition) is 2. The van der Waals surface area contributed by atoms with Crippen LogP contribution in [0.1, 0.15) is 42.6 Å². The molecule has 32 heavy (non-hydrogen) atoms. The van der Waals surface area contributed by atoms with Gasteiger partial charge in [0.05, 0.1) is 16.9 Å². The summed E-state index contributed by atoms with van der Waals surface area (Å²) in [5, 5.41) is 15.7. The van der Waals surface area contributed by atoms with Crippen LogP contribution in [0.15, 0.2) is 54.7 Å². The molecule has 0 aliphatic carbocycles. The standard InChI is InChI=1S/C25H26N6O/c1-17(2)28-24(32)18-5-8-21(9-6-18)29-25-27-12-11-22(30-25)19-7-10-23(20(15-19)16-26)31-13-3-4-14-31/h5-12,15,17H,3-4,13-14H2,1-2H3,(H,28,32)(H,27,29,30). The van der Waals surface area contributed by atoms with Crippen LogP contribution in [0.4, 0.5) is 17.3 Å². The van der Waals surface area contributed by atoms with E-state index in [1.807, 2.05) is 50.2 Å². The number of nitrogens with one attached hydrogen (secondary N) is 2. The van der Waals surface area contributed by atoms with Crippen LogP contribution in [0.25, 0.3) is 11.3 Å². The minimum atomic E-state index is -0.101. The highest BCUT2D eigenvalue weighted by Crippen LogP contribution is 2.29. The van der Waals surface area contributed by atoms with Gasteiger partial charge >= 0.3 is 0 Å². The van der Waals surface area contributed by atoms with Gasteiger partial charge in [-0.1, -0.05) is 6.07 Å². The molecule has 4 rings (SSSR count). The summed E-state index contributed by atoms with van der Waals surface area (Å²) in [5.41, 5.74) is 4.64. The van der Waals surface area contributed by atoms with Gasteiger partial charge in [-0.05, 0) is 69.2 Å². The SMILES string of the molecule is CC(C)NC(=O)c1ccc(Nc2nccc(-c3ccc(N4CCCC4)c(C#N)c3)n2)cc1. The lowest BCUT2D eigenvalue weighted by atomic mass is 10.1. The fraction of sp³-hybridized carbons (Fsp3) is 0.280. The summed E-state index contributed by atoms with van der Waals surface area (Å²) < 4.78 is 0. The Labute approximate surface area is 188 Å². The van der Waals surface area contributed by atoms with Gasteiger partial charge in [-0.2, -0.15) is 5.26 Å². The quantitative estimate of drug-likeness (QED) is 0.603.